The van der Waals surface area contributed by atoms with E-state index in [4.69, 9.17) is 0 Å². The zero-order valence-corrected chi connectivity index (χ0v) is 11.1. The van der Waals surface area contributed by atoms with Crippen molar-refractivity contribution in [2.75, 3.05) is 5.32 Å². The van der Waals surface area contributed by atoms with Gasteiger partial charge in [-0.2, -0.15) is 0 Å². The second-order valence-corrected chi connectivity index (χ2v) is 5.09. The molecule has 1 rings (SSSR count). The number of anilines is 1. The summed E-state index contributed by atoms with van der Waals surface area (Å²) in [5.74, 6) is 1.63. The summed E-state index contributed by atoms with van der Waals surface area (Å²) in [7, 11) is 0. The van der Waals surface area contributed by atoms with E-state index in [0.29, 0.717) is 6.04 Å². The molecule has 1 heterocycles. The van der Waals surface area contributed by atoms with Crippen LogP contribution in [-0.4, -0.2) is 16.0 Å². The van der Waals surface area contributed by atoms with Gasteiger partial charge in [-0.05, 0) is 41.6 Å². The first-order valence-corrected chi connectivity index (χ1v) is 6.11. The van der Waals surface area contributed by atoms with Crippen molar-refractivity contribution in [1.29, 1.82) is 0 Å². The van der Waals surface area contributed by atoms with E-state index in [1.54, 1.807) is 12.5 Å². The second-order valence-electron chi connectivity index (χ2n) is 4.24. The van der Waals surface area contributed by atoms with Crippen molar-refractivity contribution in [2.45, 2.75) is 39.7 Å². The van der Waals surface area contributed by atoms with Crippen LogP contribution in [0.5, 0.6) is 0 Å². The number of rotatable bonds is 5. The number of nitrogens with zero attached hydrogens (tertiary/aromatic N) is 2. The first-order valence-electron chi connectivity index (χ1n) is 5.31. The molecule has 0 saturated carbocycles. The van der Waals surface area contributed by atoms with Crippen LogP contribution in [0.2, 0.25) is 0 Å². The zero-order valence-electron chi connectivity index (χ0n) is 9.50. The van der Waals surface area contributed by atoms with Gasteiger partial charge >= 0.3 is 0 Å². The van der Waals surface area contributed by atoms with Crippen LogP contribution in [0.3, 0.4) is 0 Å². The van der Waals surface area contributed by atoms with Gasteiger partial charge in [0.05, 0.1) is 4.47 Å². The maximum Gasteiger partial charge on any atom is 0.143 e. The van der Waals surface area contributed by atoms with Crippen molar-refractivity contribution in [2.24, 2.45) is 5.92 Å². The van der Waals surface area contributed by atoms with E-state index in [2.05, 4.69) is 52.0 Å². The molecule has 1 aromatic rings. The zero-order chi connectivity index (χ0) is 11.3. The van der Waals surface area contributed by atoms with Gasteiger partial charge < -0.3 is 5.32 Å². The fourth-order valence-electron chi connectivity index (χ4n) is 1.31. The summed E-state index contributed by atoms with van der Waals surface area (Å²) in [5, 5.41) is 3.37. The summed E-state index contributed by atoms with van der Waals surface area (Å²) in [5.41, 5.74) is 0. The van der Waals surface area contributed by atoms with Gasteiger partial charge in [-0.15, -0.1) is 0 Å². The average Bonchev–Trinajstić information content (AvgIpc) is 2.18. The number of halogens is 1. The number of nitrogens with one attached hydrogen (secondary N) is 1. The lowest BCUT2D eigenvalue weighted by Gasteiger charge is -2.16. The molecule has 15 heavy (non-hydrogen) atoms. The summed E-state index contributed by atoms with van der Waals surface area (Å²) in [6, 6.07) is 0.443. The molecule has 1 atom stereocenters. The van der Waals surface area contributed by atoms with Crippen molar-refractivity contribution < 1.29 is 0 Å². The second kappa shape index (κ2) is 6.05. The van der Waals surface area contributed by atoms with E-state index in [9.17, 15) is 0 Å². The molecule has 0 bridgehead atoms. The molecule has 3 nitrogen and oxygen atoms in total. The smallest absolute Gasteiger partial charge is 0.143 e. The molecule has 0 aliphatic heterocycles. The Morgan fingerprint density at radius 3 is 2.67 bits per heavy atom. The highest BCUT2D eigenvalue weighted by atomic mass is 79.9. The summed E-state index contributed by atoms with van der Waals surface area (Å²) in [4.78, 5) is 8.10. The van der Waals surface area contributed by atoms with E-state index in [0.717, 1.165) is 22.6 Å². The third-order valence-electron chi connectivity index (χ3n) is 2.23. The predicted octanol–water partition coefficient (Wildman–Crippen LogP) is 3.48. The van der Waals surface area contributed by atoms with Crippen molar-refractivity contribution >= 4 is 21.7 Å². The molecule has 1 unspecified atom stereocenters. The van der Waals surface area contributed by atoms with Crippen LogP contribution >= 0.6 is 15.9 Å². The van der Waals surface area contributed by atoms with Gasteiger partial charge in [0, 0.05) is 12.2 Å². The lowest BCUT2D eigenvalue weighted by atomic mass is 10.0. The Balaban J connectivity index is 2.44. The third kappa shape index (κ3) is 4.60. The van der Waals surface area contributed by atoms with Crippen LogP contribution in [0.15, 0.2) is 17.0 Å². The van der Waals surface area contributed by atoms with E-state index in [1.165, 1.54) is 6.42 Å². The lowest BCUT2D eigenvalue weighted by molar-refractivity contribution is 0.527. The first kappa shape index (κ1) is 12.4. The number of aromatic nitrogens is 2. The third-order valence-corrected chi connectivity index (χ3v) is 2.81. The summed E-state index contributed by atoms with van der Waals surface area (Å²) in [6.45, 7) is 6.66. The topological polar surface area (TPSA) is 37.8 Å². The molecular weight excluding hydrogens is 254 g/mol. The largest absolute Gasteiger partial charge is 0.367 e. The summed E-state index contributed by atoms with van der Waals surface area (Å²) in [6.07, 6.45) is 5.71. The fraction of sp³-hybridized carbons (Fsp3) is 0.636. The van der Waals surface area contributed by atoms with Gasteiger partial charge in [0.15, 0.2) is 0 Å². The molecule has 1 N–H and O–H groups in total. The van der Waals surface area contributed by atoms with Gasteiger partial charge in [0.1, 0.15) is 12.1 Å². The Morgan fingerprint density at radius 2 is 2.07 bits per heavy atom. The molecule has 0 fully saturated rings. The highest BCUT2D eigenvalue weighted by Gasteiger charge is 2.06. The minimum absolute atomic E-state index is 0.443. The monoisotopic (exact) mass is 271 g/mol. The van der Waals surface area contributed by atoms with E-state index in [-0.39, 0.29) is 0 Å². The molecule has 4 heteroatoms. The summed E-state index contributed by atoms with van der Waals surface area (Å²) < 4.78 is 0.918. The van der Waals surface area contributed by atoms with Gasteiger partial charge in [-0.25, -0.2) is 9.97 Å². The van der Waals surface area contributed by atoms with Crippen LogP contribution < -0.4 is 5.32 Å². The summed E-state index contributed by atoms with van der Waals surface area (Å²) >= 11 is 3.42. The molecular formula is C11H18BrN3. The van der Waals surface area contributed by atoms with E-state index >= 15 is 0 Å². The SMILES string of the molecule is CC(C)CCC(C)Nc1ncncc1Br. The Kier molecular flexibility index (Phi) is 5.02. The molecule has 0 aromatic carbocycles. The van der Waals surface area contributed by atoms with Crippen molar-refractivity contribution in [3.05, 3.63) is 17.0 Å². The Hall–Kier alpha value is -0.640. The molecule has 0 amide bonds. The first-order chi connectivity index (χ1) is 7.09. The Bertz CT molecular complexity index is 302. The molecule has 1 aromatic heterocycles. The molecule has 84 valence electrons. The predicted molar refractivity (Wildman–Crippen MR) is 66.9 cm³/mol. The van der Waals surface area contributed by atoms with Gasteiger partial charge in [-0.1, -0.05) is 13.8 Å². The standard InChI is InChI=1S/C11H18BrN3/c1-8(2)4-5-9(3)15-11-10(12)6-13-7-14-11/h6-9H,4-5H2,1-3H3,(H,13,14,15). The Labute approximate surface area is 99.8 Å². The van der Waals surface area contributed by atoms with Crippen LogP contribution in [0.1, 0.15) is 33.6 Å². The highest BCUT2D eigenvalue weighted by Crippen LogP contribution is 2.19. The maximum absolute atomic E-state index is 4.18. The molecule has 0 saturated heterocycles. The quantitative estimate of drug-likeness (QED) is 0.891. The average molecular weight is 272 g/mol. The van der Waals surface area contributed by atoms with Crippen LogP contribution in [0.25, 0.3) is 0 Å². The minimum atomic E-state index is 0.443. The van der Waals surface area contributed by atoms with Gasteiger partial charge in [-0.3, -0.25) is 0 Å². The molecule has 0 spiro atoms. The van der Waals surface area contributed by atoms with Gasteiger partial charge in [0.25, 0.3) is 0 Å². The number of hydrogen-bond acceptors (Lipinski definition) is 3. The van der Waals surface area contributed by atoms with Crippen molar-refractivity contribution in [3.63, 3.8) is 0 Å². The van der Waals surface area contributed by atoms with E-state index < -0.39 is 0 Å². The maximum atomic E-state index is 4.18. The van der Waals surface area contributed by atoms with Crippen molar-refractivity contribution in [1.82, 2.24) is 9.97 Å². The van der Waals surface area contributed by atoms with Crippen LogP contribution in [0.4, 0.5) is 5.82 Å². The van der Waals surface area contributed by atoms with E-state index in [1.807, 2.05) is 0 Å². The highest BCUT2D eigenvalue weighted by molar-refractivity contribution is 9.10. The normalized spacial score (nSPS) is 12.9. The molecule has 0 aliphatic rings. The minimum Gasteiger partial charge on any atom is -0.367 e. The molecule has 0 radical (unpaired) electrons. The van der Waals surface area contributed by atoms with Crippen molar-refractivity contribution in [3.8, 4) is 0 Å². The number of hydrogen-bond donors (Lipinski definition) is 1. The van der Waals surface area contributed by atoms with Crippen LogP contribution in [0, 0.1) is 5.92 Å². The fourth-order valence-corrected chi connectivity index (χ4v) is 1.64. The van der Waals surface area contributed by atoms with Crippen LogP contribution in [-0.2, 0) is 0 Å². The lowest BCUT2D eigenvalue weighted by Crippen LogP contribution is -2.17. The van der Waals surface area contributed by atoms with Gasteiger partial charge in [0.2, 0.25) is 0 Å². The molecule has 0 aliphatic carbocycles. The Morgan fingerprint density at radius 1 is 1.33 bits per heavy atom.